The molecule has 9 aromatic rings. The normalized spacial score (nSPS) is 13.1. The summed E-state index contributed by atoms with van der Waals surface area (Å²) < 4.78 is 6.83. The van der Waals surface area contributed by atoms with Gasteiger partial charge < -0.3 is 14.5 Å². The van der Waals surface area contributed by atoms with Crippen LogP contribution in [-0.4, -0.2) is 0 Å². The number of anilines is 6. The van der Waals surface area contributed by atoms with Gasteiger partial charge in [0.05, 0.1) is 0 Å². The molecule has 0 unspecified atom stereocenters. The minimum atomic E-state index is -0.0944. The van der Waals surface area contributed by atoms with Crippen LogP contribution in [0.5, 0.6) is 11.5 Å². The Labute approximate surface area is 327 Å². The molecular formula is C53H38N2O. The van der Waals surface area contributed by atoms with Gasteiger partial charge in [-0.2, -0.15) is 0 Å². The lowest BCUT2D eigenvalue weighted by Crippen LogP contribution is -2.16. The number of hydrogen-bond donors (Lipinski definition) is 0. The number of para-hydroxylation sites is 3. The highest BCUT2D eigenvalue weighted by atomic mass is 16.5. The van der Waals surface area contributed by atoms with Gasteiger partial charge in [-0.3, -0.25) is 0 Å². The summed E-state index contributed by atoms with van der Waals surface area (Å²) in [6.45, 7) is 4.69. The molecule has 266 valence electrons. The standard InChI is InChI=1S/C53H38N2O/c1-53(2)48-23-13-12-21-42(48)43-29-27-40(33-49(43)53)55(38-19-10-5-11-20-38)39-26-25-35-31-47-44-30-28-41(54(36-15-6-3-7-16-36)37-17-8-4-9-18-37)34-51(44)56-50-24-14-22-45(52(47)50)46(35)32-39/h3-34H,1-2H3. The van der Waals surface area contributed by atoms with Gasteiger partial charge >= 0.3 is 0 Å². The van der Waals surface area contributed by atoms with Gasteiger partial charge in [0.25, 0.3) is 0 Å². The number of ether oxygens (including phenoxy) is 1. The Morgan fingerprint density at radius 1 is 0.357 bits per heavy atom. The molecule has 0 N–H and O–H groups in total. The van der Waals surface area contributed by atoms with Gasteiger partial charge in [0.1, 0.15) is 11.5 Å². The Morgan fingerprint density at radius 3 is 1.61 bits per heavy atom. The number of fused-ring (bicyclic) bond motifs is 7. The summed E-state index contributed by atoms with van der Waals surface area (Å²) in [5, 5.41) is 4.71. The van der Waals surface area contributed by atoms with Crippen molar-refractivity contribution in [2.24, 2.45) is 0 Å². The second kappa shape index (κ2) is 12.5. The molecule has 0 spiro atoms. The first-order valence-corrected chi connectivity index (χ1v) is 19.3. The summed E-state index contributed by atoms with van der Waals surface area (Å²) in [6.07, 6.45) is 0. The van der Waals surface area contributed by atoms with Crippen molar-refractivity contribution in [3.63, 3.8) is 0 Å². The number of benzene rings is 9. The minimum absolute atomic E-state index is 0.0944. The fraction of sp³-hybridized carbons (Fsp3) is 0.0566. The van der Waals surface area contributed by atoms with Crippen LogP contribution < -0.4 is 14.5 Å². The van der Waals surface area contributed by atoms with Crippen molar-refractivity contribution in [3.8, 4) is 33.8 Å². The summed E-state index contributed by atoms with van der Waals surface area (Å²) in [5.74, 6) is 1.73. The maximum atomic E-state index is 6.83. The van der Waals surface area contributed by atoms with Gasteiger partial charge in [-0.25, -0.2) is 0 Å². The Bertz CT molecular complexity index is 2930. The molecule has 0 saturated carbocycles. The van der Waals surface area contributed by atoms with Crippen LogP contribution in [-0.2, 0) is 5.41 Å². The highest BCUT2D eigenvalue weighted by Crippen LogP contribution is 2.53. The van der Waals surface area contributed by atoms with E-state index in [-0.39, 0.29) is 5.41 Å². The molecule has 0 bridgehead atoms. The quantitative estimate of drug-likeness (QED) is 0.159. The summed E-state index contributed by atoms with van der Waals surface area (Å²) in [5.41, 5.74) is 14.2. The van der Waals surface area contributed by atoms with E-state index in [0.29, 0.717) is 0 Å². The maximum Gasteiger partial charge on any atom is 0.137 e. The van der Waals surface area contributed by atoms with Gasteiger partial charge in [-0.1, -0.05) is 117 Å². The van der Waals surface area contributed by atoms with E-state index < -0.39 is 0 Å². The Kier molecular flexibility index (Phi) is 7.20. The lowest BCUT2D eigenvalue weighted by atomic mass is 9.82. The SMILES string of the molecule is CC1(C)c2ccccc2-c2ccc(N(c3ccccc3)c3ccc4cc5c6c(cccc6c4c3)Oc3cc(N(c4ccccc4)c4ccccc4)ccc3-5)cc21. The molecule has 11 rings (SSSR count). The van der Waals surface area contributed by atoms with Crippen molar-refractivity contribution in [1.82, 2.24) is 0 Å². The number of hydrogen-bond acceptors (Lipinski definition) is 3. The molecule has 2 aliphatic rings. The fourth-order valence-corrected chi connectivity index (χ4v) is 9.13. The van der Waals surface area contributed by atoms with Crippen LogP contribution in [0.2, 0.25) is 0 Å². The zero-order chi connectivity index (χ0) is 37.4. The van der Waals surface area contributed by atoms with Crippen LogP contribution in [0.3, 0.4) is 0 Å². The van der Waals surface area contributed by atoms with Crippen LogP contribution >= 0.6 is 0 Å². The van der Waals surface area contributed by atoms with E-state index in [1.54, 1.807) is 0 Å². The van der Waals surface area contributed by atoms with Crippen molar-refractivity contribution >= 4 is 55.7 Å². The zero-order valence-corrected chi connectivity index (χ0v) is 31.3. The second-order valence-electron chi connectivity index (χ2n) is 15.4. The van der Waals surface area contributed by atoms with E-state index in [4.69, 9.17) is 4.74 Å². The predicted octanol–water partition coefficient (Wildman–Crippen LogP) is 15.0. The van der Waals surface area contributed by atoms with Crippen LogP contribution in [0.15, 0.2) is 194 Å². The van der Waals surface area contributed by atoms with Gasteiger partial charge in [0.15, 0.2) is 0 Å². The molecule has 1 heterocycles. The minimum Gasteiger partial charge on any atom is -0.456 e. The first-order valence-electron chi connectivity index (χ1n) is 19.3. The van der Waals surface area contributed by atoms with E-state index in [0.717, 1.165) is 56.6 Å². The van der Waals surface area contributed by atoms with E-state index >= 15 is 0 Å². The lowest BCUT2D eigenvalue weighted by molar-refractivity contribution is 0.487. The third kappa shape index (κ3) is 4.98. The summed E-state index contributed by atoms with van der Waals surface area (Å²) >= 11 is 0. The van der Waals surface area contributed by atoms with E-state index in [2.05, 4.69) is 218 Å². The first kappa shape index (κ1) is 32.3. The molecule has 0 radical (unpaired) electrons. The fourth-order valence-electron chi connectivity index (χ4n) is 9.13. The highest BCUT2D eigenvalue weighted by Gasteiger charge is 2.36. The van der Waals surface area contributed by atoms with Gasteiger partial charge in [0.2, 0.25) is 0 Å². The largest absolute Gasteiger partial charge is 0.456 e. The van der Waals surface area contributed by atoms with Crippen LogP contribution in [0.4, 0.5) is 34.1 Å². The van der Waals surface area contributed by atoms with Crippen molar-refractivity contribution < 1.29 is 4.74 Å². The molecule has 9 aromatic carbocycles. The summed E-state index contributed by atoms with van der Waals surface area (Å²) in [6, 6.07) is 69.9. The van der Waals surface area contributed by atoms with Crippen LogP contribution in [0.25, 0.3) is 43.8 Å². The molecule has 56 heavy (non-hydrogen) atoms. The highest BCUT2D eigenvalue weighted by molar-refractivity contribution is 6.18. The molecule has 0 aromatic heterocycles. The monoisotopic (exact) mass is 718 g/mol. The molecule has 3 heteroatoms. The van der Waals surface area contributed by atoms with Crippen LogP contribution in [0.1, 0.15) is 25.0 Å². The number of rotatable bonds is 6. The van der Waals surface area contributed by atoms with Gasteiger partial charge in [0, 0.05) is 56.6 Å². The average Bonchev–Trinajstić information content (AvgIpc) is 3.47. The smallest absolute Gasteiger partial charge is 0.137 e. The topological polar surface area (TPSA) is 15.7 Å². The average molecular weight is 719 g/mol. The second-order valence-corrected chi connectivity index (χ2v) is 15.4. The van der Waals surface area contributed by atoms with Gasteiger partial charge in [-0.05, 0) is 129 Å². The molecular weight excluding hydrogens is 681 g/mol. The molecule has 3 nitrogen and oxygen atoms in total. The molecule has 0 amide bonds. The molecule has 0 fully saturated rings. The third-order valence-electron chi connectivity index (χ3n) is 11.8. The van der Waals surface area contributed by atoms with Crippen molar-refractivity contribution in [2.75, 3.05) is 9.80 Å². The number of nitrogens with zero attached hydrogens (tertiary/aromatic N) is 2. The molecule has 1 aliphatic carbocycles. The van der Waals surface area contributed by atoms with E-state index in [1.807, 2.05) is 0 Å². The molecule has 0 atom stereocenters. The third-order valence-corrected chi connectivity index (χ3v) is 11.8. The Hall–Kier alpha value is -7.10. The van der Waals surface area contributed by atoms with Crippen molar-refractivity contribution in [3.05, 3.63) is 205 Å². The molecule has 1 aliphatic heterocycles. The van der Waals surface area contributed by atoms with Crippen molar-refractivity contribution in [1.29, 1.82) is 0 Å². The Morgan fingerprint density at radius 2 is 0.911 bits per heavy atom. The maximum absolute atomic E-state index is 6.83. The van der Waals surface area contributed by atoms with Crippen LogP contribution in [0, 0.1) is 0 Å². The zero-order valence-electron chi connectivity index (χ0n) is 31.3. The molecule has 0 saturated heterocycles. The van der Waals surface area contributed by atoms with Crippen molar-refractivity contribution in [2.45, 2.75) is 19.3 Å². The summed E-state index contributed by atoms with van der Waals surface area (Å²) in [4.78, 5) is 4.67. The van der Waals surface area contributed by atoms with E-state index in [1.165, 1.54) is 44.0 Å². The predicted molar refractivity (Wildman–Crippen MR) is 234 cm³/mol. The van der Waals surface area contributed by atoms with Gasteiger partial charge in [-0.15, -0.1) is 0 Å². The summed E-state index contributed by atoms with van der Waals surface area (Å²) in [7, 11) is 0. The Balaban J connectivity index is 1.05. The van der Waals surface area contributed by atoms with E-state index in [9.17, 15) is 0 Å². The first-order chi connectivity index (χ1) is 27.5. The lowest BCUT2D eigenvalue weighted by Gasteiger charge is -2.29.